The zero-order valence-corrected chi connectivity index (χ0v) is 12.0. The summed E-state index contributed by atoms with van der Waals surface area (Å²) >= 11 is 0. The lowest BCUT2D eigenvalue weighted by Crippen LogP contribution is -2.49. The molecule has 1 aromatic rings. The van der Waals surface area contributed by atoms with E-state index in [0.717, 1.165) is 31.2 Å². The average Bonchev–Trinajstić information content (AvgIpc) is 2.53. The minimum absolute atomic E-state index is 0.282. The summed E-state index contributed by atoms with van der Waals surface area (Å²) in [5.74, 6) is 2.82. The number of carbonyl (C=O) groups is 1. The first-order chi connectivity index (χ1) is 9.68. The van der Waals surface area contributed by atoms with Crippen LogP contribution in [0.4, 0.5) is 4.79 Å². The Hall–Kier alpha value is -1.95. The molecule has 0 spiro atoms. The van der Waals surface area contributed by atoms with Crippen molar-refractivity contribution < 1.29 is 9.53 Å². The maximum absolute atomic E-state index is 12.2. The van der Waals surface area contributed by atoms with E-state index in [1.165, 1.54) is 6.42 Å². The third-order valence-electron chi connectivity index (χ3n) is 4.07. The van der Waals surface area contributed by atoms with Gasteiger partial charge in [-0.1, -0.05) is 55.5 Å². The van der Waals surface area contributed by atoms with Crippen molar-refractivity contribution in [1.29, 1.82) is 0 Å². The van der Waals surface area contributed by atoms with Crippen molar-refractivity contribution >= 4 is 6.09 Å². The zero-order chi connectivity index (χ0) is 14.4. The smallest absolute Gasteiger partial charge is 0.411 e. The predicted molar refractivity (Wildman–Crippen MR) is 79.0 cm³/mol. The summed E-state index contributed by atoms with van der Waals surface area (Å²) < 4.78 is 5.36. The molecular formula is C17H21NO2. The number of ether oxygens (including phenoxy) is 1. The van der Waals surface area contributed by atoms with Crippen LogP contribution in [0.25, 0.3) is 0 Å². The summed E-state index contributed by atoms with van der Waals surface area (Å²) in [6.07, 6.45) is 10.4. The van der Waals surface area contributed by atoms with Crippen LogP contribution in [-0.4, -0.2) is 23.6 Å². The molecule has 1 aromatic carbocycles. The summed E-state index contributed by atoms with van der Waals surface area (Å²) in [4.78, 5) is 13.8. The van der Waals surface area contributed by atoms with Gasteiger partial charge in [0.2, 0.25) is 0 Å². The fourth-order valence-corrected chi connectivity index (χ4v) is 2.70. The van der Waals surface area contributed by atoms with E-state index >= 15 is 0 Å². The van der Waals surface area contributed by atoms with E-state index in [-0.39, 0.29) is 12.7 Å². The first kappa shape index (κ1) is 14.5. The molecule has 1 aliphatic carbocycles. The molecule has 0 bridgehead atoms. The van der Waals surface area contributed by atoms with Gasteiger partial charge < -0.3 is 4.74 Å². The SMILES string of the molecule is C#CC1(N(C)C(=O)OCc2ccccc2)CCCCC1. The molecule has 0 atom stereocenters. The molecule has 0 radical (unpaired) electrons. The molecule has 1 saturated carbocycles. The Kier molecular flexibility index (Phi) is 4.68. The second-order valence-electron chi connectivity index (χ2n) is 5.34. The van der Waals surface area contributed by atoms with E-state index in [9.17, 15) is 4.79 Å². The maximum atomic E-state index is 12.2. The Morgan fingerprint density at radius 2 is 1.95 bits per heavy atom. The molecule has 1 amide bonds. The van der Waals surface area contributed by atoms with Crippen LogP contribution in [0.3, 0.4) is 0 Å². The Morgan fingerprint density at radius 1 is 1.30 bits per heavy atom. The molecule has 0 saturated heterocycles. The molecule has 3 heteroatoms. The molecule has 1 fully saturated rings. The lowest BCUT2D eigenvalue weighted by molar-refractivity contribution is 0.0645. The number of benzene rings is 1. The van der Waals surface area contributed by atoms with Crippen LogP contribution < -0.4 is 0 Å². The maximum Gasteiger partial charge on any atom is 0.411 e. The third-order valence-corrected chi connectivity index (χ3v) is 4.07. The lowest BCUT2D eigenvalue weighted by Gasteiger charge is -2.39. The molecule has 106 valence electrons. The van der Waals surface area contributed by atoms with Crippen LogP contribution in [0.2, 0.25) is 0 Å². The molecule has 0 aromatic heterocycles. The molecule has 0 unspecified atom stereocenters. The molecule has 1 aliphatic rings. The molecule has 20 heavy (non-hydrogen) atoms. The number of amides is 1. The summed E-state index contributed by atoms with van der Waals surface area (Å²) in [6.45, 7) is 0.282. The van der Waals surface area contributed by atoms with Crippen LogP contribution in [0.15, 0.2) is 30.3 Å². The number of nitrogens with zero attached hydrogens (tertiary/aromatic N) is 1. The molecule has 2 rings (SSSR count). The summed E-state index contributed by atoms with van der Waals surface area (Å²) in [6, 6.07) is 9.66. The standard InChI is InChI=1S/C17H21NO2/c1-3-17(12-8-5-9-13-17)18(2)16(19)20-14-15-10-6-4-7-11-15/h1,4,6-7,10-11H,5,8-9,12-14H2,2H3. The predicted octanol–water partition coefficient (Wildman–Crippen LogP) is 3.59. The highest BCUT2D eigenvalue weighted by Crippen LogP contribution is 2.32. The van der Waals surface area contributed by atoms with Gasteiger partial charge in [0.05, 0.1) is 0 Å². The van der Waals surface area contributed by atoms with Crippen molar-refractivity contribution in [1.82, 2.24) is 4.90 Å². The van der Waals surface area contributed by atoms with E-state index in [4.69, 9.17) is 11.2 Å². The summed E-state index contributed by atoms with van der Waals surface area (Å²) in [5, 5.41) is 0. The molecule has 0 N–H and O–H groups in total. The minimum atomic E-state index is -0.466. The quantitative estimate of drug-likeness (QED) is 0.786. The van der Waals surface area contributed by atoms with Crippen molar-refractivity contribution in [3.05, 3.63) is 35.9 Å². The van der Waals surface area contributed by atoms with Crippen LogP contribution in [0, 0.1) is 12.3 Å². The number of terminal acetylenes is 1. The average molecular weight is 271 g/mol. The van der Waals surface area contributed by atoms with Crippen LogP contribution >= 0.6 is 0 Å². The normalized spacial score (nSPS) is 17.0. The van der Waals surface area contributed by atoms with Gasteiger partial charge in [0.25, 0.3) is 0 Å². The van der Waals surface area contributed by atoms with Crippen molar-refractivity contribution in [3.8, 4) is 12.3 Å². The van der Waals surface area contributed by atoms with Crippen molar-refractivity contribution in [3.63, 3.8) is 0 Å². The van der Waals surface area contributed by atoms with E-state index in [0.29, 0.717) is 0 Å². The van der Waals surface area contributed by atoms with Crippen LogP contribution in [-0.2, 0) is 11.3 Å². The van der Waals surface area contributed by atoms with Crippen LogP contribution in [0.1, 0.15) is 37.7 Å². The monoisotopic (exact) mass is 271 g/mol. The molecule has 3 nitrogen and oxygen atoms in total. The lowest BCUT2D eigenvalue weighted by atomic mass is 9.81. The van der Waals surface area contributed by atoms with Gasteiger partial charge in [-0.2, -0.15) is 0 Å². The van der Waals surface area contributed by atoms with Gasteiger partial charge in [-0.15, -0.1) is 6.42 Å². The van der Waals surface area contributed by atoms with Crippen LogP contribution in [0.5, 0.6) is 0 Å². The largest absolute Gasteiger partial charge is 0.445 e. The fourth-order valence-electron chi connectivity index (χ4n) is 2.70. The van der Waals surface area contributed by atoms with Crippen molar-refractivity contribution in [2.24, 2.45) is 0 Å². The summed E-state index contributed by atoms with van der Waals surface area (Å²) in [7, 11) is 1.75. The number of hydrogen-bond donors (Lipinski definition) is 0. The fraction of sp³-hybridized carbons (Fsp3) is 0.471. The Bertz CT molecular complexity index is 483. The van der Waals surface area contributed by atoms with Crippen molar-refractivity contribution in [2.45, 2.75) is 44.2 Å². The van der Waals surface area contributed by atoms with Gasteiger partial charge in [-0.25, -0.2) is 4.79 Å². The number of rotatable bonds is 3. The Labute approximate surface area is 120 Å². The first-order valence-corrected chi connectivity index (χ1v) is 7.10. The topological polar surface area (TPSA) is 29.5 Å². The van der Waals surface area contributed by atoms with E-state index in [1.807, 2.05) is 30.3 Å². The number of carbonyl (C=O) groups excluding carboxylic acids is 1. The zero-order valence-electron chi connectivity index (χ0n) is 12.0. The second kappa shape index (κ2) is 6.47. The van der Waals surface area contributed by atoms with E-state index < -0.39 is 5.54 Å². The highest BCUT2D eigenvalue weighted by atomic mass is 16.6. The van der Waals surface area contributed by atoms with Gasteiger partial charge in [-0.05, 0) is 18.4 Å². The highest BCUT2D eigenvalue weighted by Gasteiger charge is 2.37. The van der Waals surface area contributed by atoms with Gasteiger partial charge in [0, 0.05) is 7.05 Å². The molecule has 0 aliphatic heterocycles. The van der Waals surface area contributed by atoms with E-state index in [1.54, 1.807) is 11.9 Å². The highest BCUT2D eigenvalue weighted by molar-refractivity contribution is 5.69. The van der Waals surface area contributed by atoms with Gasteiger partial charge in [0.1, 0.15) is 12.1 Å². The van der Waals surface area contributed by atoms with Gasteiger partial charge >= 0.3 is 6.09 Å². The summed E-state index contributed by atoms with van der Waals surface area (Å²) in [5.41, 5.74) is 0.513. The second-order valence-corrected chi connectivity index (χ2v) is 5.34. The Morgan fingerprint density at radius 3 is 2.55 bits per heavy atom. The minimum Gasteiger partial charge on any atom is -0.445 e. The third kappa shape index (κ3) is 3.14. The Balaban J connectivity index is 1.96. The van der Waals surface area contributed by atoms with Gasteiger partial charge in [0.15, 0.2) is 0 Å². The first-order valence-electron chi connectivity index (χ1n) is 7.10. The number of hydrogen-bond acceptors (Lipinski definition) is 2. The van der Waals surface area contributed by atoms with Gasteiger partial charge in [-0.3, -0.25) is 4.90 Å². The molecule has 0 heterocycles. The van der Waals surface area contributed by atoms with E-state index in [2.05, 4.69) is 5.92 Å². The van der Waals surface area contributed by atoms with Crippen molar-refractivity contribution in [2.75, 3.05) is 7.05 Å². The molecular weight excluding hydrogens is 250 g/mol.